The summed E-state index contributed by atoms with van der Waals surface area (Å²) >= 11 is 3.06. The number of fused-ring (bicyclic) bond motifs is 2. The molecule has 4 aromatic rings. The quantitative estimate of drug-likeness (QED) is 0.0960. The topological polar surface area (TPSA) is 52.6 Å². The van der Waals surface area contributed by atoms with Crippen LogP contribution in [0, 0.1) is 11.8 Å². The third-order valence-electron chi connectivity index (χ3n) is 9.72. The second-order valence-electron chi connectivity index (χ2n) is 13.4. The lowest BCUT2D eigenvalue weighted by Gasteiger charge is -2.28. The van der Waals surface area contributed by atoms with E-state index in [1.165, 1.54) is 75.1 Å². The van der Waals surface area contributed by atoms with E-state index in [2.05, 4.69) is 38.1 Å². The van der Waals surface area contributed by atoms with Crippen LogP contribution in [0.2, 0.25) is 0 Å². The fourth-order valence-electron chi connectivity index (χ4n) is 6.79. The molecule has 0 unspecified atom stereocenters. The number of hydrogen-bond acceptors (Lipinski definition) is 6. The fraction of sp³-hybridized carbons (Fsp3) is 0.395. The molecular formula is C43H48O4S2. The van der Waals surface area contributed by atoms with Crippen LogP contribution in [0.3, 0.4) is 0 Å². The van der Waals surface area contributed by atoms with Crippen LogP contribution in [-0.4, -0.2) is 31.4 Å². The number of ketones is 2. The Bertz CT molecular complexity index is 1710. The molecule has 0 saturated heterocycles. The molecular weight excluding hydrogens is 645 g/mol. The van der Waals surface area contributed by atoms with Gasteiger partial charge in [0, 0.05) is 55.0 Å². The zero-order valence-corrected chi connectivity index (χ0v) is 30.5. The molecule has 4 nitrogen and oxygen atoms in total. The standard InChI is InChI=1S/C43H48O4S2/c1-3-5-7-27-46-28-31-15-17-32(18-16-31)29-47-33-21-25-35(26-22-33)49-39-14-9-12-37-41(39)43(45)36-11-8-13-38(40(36)42(37)44)48-34-23-19-30(20-24-34)10-6-4-2/h8-9,11-14,19-26,31-32H,3-7,10,15-18,27-29H2,1-2H3. The van der Waals surface area contributed by atoms with E-state index in [1.54, 1.807) is 23.9 Å². The molecule has 6 heteroatoms. The van der Waals surface area contributed by atoms with Gasteiger partial charge in [-0.25, -0.2) is 0 Å². The average molecular weight is 693 g/mol. The molecule has 2 aliphatic rings. The van der Waals surface area contributed by atoms with Crippen molar-refractivity contribution in [2.24, 2.45) is 11.8 Å². The summed E-state index contributed by atoms with van der Waals surface area (Å²) in [5.74, 6) is 1.95. The van der Waals surface area contributed by atoms with Gasteiger partial charge in [-0.15, -0.1) is 0 Å². The smallest absolute Gasteiger partial charge is 0.195 e. The van der Waals surface area contributed by atoms with Crippen molar-refractivity contribution < 1.29 is 19.1 Å². The number of hydrogen-bond donors (Lipinski definition) is 0. The van der Waals surface area contributed by atoms with E-state index in [9.17, 15) is 9.59 Å². The van der Waals surface area contributed by atoms with Gasteiger partial charge in [0.05, 0.1) is 6.61 Å². The van der Waals surface area contributed by atoms with E-state index in [0.29, 0.717) is 34.1 Å². The number of ether oxygens (including phenoxy) is 2. The highest BCUT2D eigenvalue weighted by Crippen LogP contribution is 2.41. The summed E-state index contributed by atoms with van der Waals surface area (Å²) in [5, 5.41) is 0. The van der Waals surface area contributed by atoms with Gasteiger partial charge in [0.2, 0.25) is 0 Å². The van der Waals surface area contributed by atoms with Crippen molar-refractivity contribution in [1.29, 1.82) is 0 Å². The summed E-state index contributed by atoms with van der Waals surface area (Å²) in [6.07, 6.45) is 11.9. The van der Waals surface area contributed by atoms with Gasteiger partial charge in [-0.1, -0.05) is 93.0 Å². The molecule has 0 bridgehead atoms. The summed E-state index contributed by atoms with van der Waals surface area (Å²) < 4.78 is 12.1. The van der Waals surface area contributed by atoms with Crippen molar-refractivity contribution in [3.8, 4) is 5.75 Å². The van der Waals surface area contributed by atoms with Gasteiger partial charge in [0.1, 0.15) is 5.75 Å². The molecule has 0 aliphatic heterocycles. The molecule has 2 aliphatic carbocycles. The summed E-state index contributed by atoms with van der Waals surface area (Å²) in [4.78, 5) is 31.7. The van der Waals surface area contributed by atoms with Crippen LogP contribution in [0.1, 0.15) is 109 Å². The van der Waals surface area contributed by atoms with Crippen LogP contribution in [0.15, 0.2) is 105 Å². The van der Waals surface area contributed by atoms with Crippen LogP contribution in [-0.2, 0) is 11.2 Å². The molecule has 0 N–H and O–H groups in total. The first-order chi connectivity index (χ1) is 24.0. The molecule has 49 heavy (non-hydrogen) atoms. The molecule has 0 atom stereocenters. The molecule has 256 valence electrons. The number of rotatable bonds is 16. The molecule has 1 saturated carbocycles. The Morgan fingerprint density at radius 3 is 1.69 bits per heavy atom. The first-order valence-electron chi connectivity index (χ1n) is 18.1. The highest BCUT2D eigenvalue weighted by atomic mass is 32.2. The number of benzene rings is 4. The van der Waals surface area contributed by atoms with Gasteiger partial charge in [-0.2, -0.15) is 0 Å². The fourth-order valence-corrected chi connectivity index (χ4v) is 8.75. The lowest BCUT2D eigenvalue weighted by Crippen LogP contribution is -2.22. The zero-order valence-electron chi connectivity index (χ0n) is 28.9. The highest BCUT2D eigenvalue weighted by Gasteiger charge is 2.34. The SMILES string of the molecule is CCCCCOCC1CCC(COc2ccc(Sc3cccc4c3C(=O)c3cccc(Sc5ccc(CCCC)cc5)c3C4=O)cc2)CC1. The van der Waals surface area contributed by atoms with Crippen LogP contribution in [0.4, 0.5) is 0 Å². The van der Waals surface area contributed by atoms with Crippen molar-refractivity contribution in [2.45, 2.75) is 97.6 Å². The van der Waals surface area contributed by atoms with Crippen molar-refractivity contribution in [1.82, 2.24) is 0 Å². The first kappa shape index (κ1) is 35.5. The molecule has 0 spiro atoms. The third kappa shape index (κ3) is 9.08. The Hall–Kier alpha value is -3.32. The van der Waals surface area contributed by atoms with Gasteiger partial charge in [-0.3, -0.25) is 9.59 Å². The predicted octanol–water partition coefficient (Wildman–Crippen LogP) is 11.5. The van der Waals surface area contributed by atoms with Crippen molar-refractivity contribution in [2.75, 3.05) is 19.8 Å². The van der Waals surface area contributed by atoms with E-state index in [4.69, 9.17) is 9.47 Å². The monoisotopic (exact) mass is 692 g/mol. The summed E-state index contributed by atoms with van der Waals surface area (Å²) in [6, 6.07) is 27.9. The van der Waals surface area contributed by atoms with Gasteiger partial charge in [-0.05, 0) is 111 Å². The highest BCUT2D eigenvalue weighted by molar-refractivity contribution is 7.99. The van der Waals surface area contributed by atoms with Crippen LogP contribution < -0.4 is 4.74 Å². The van der Waals surface area contributed by atoms with E-state index in [0.717, 1.165) is 51.6 Å². The van der Waals surface area contributed by atoms with Crippen molar-refractivity contribution >= 4 is 35.1 Å². The van der Waals surface area contributed by atoms with Gasteiger partial charge >= 0.3 is 0 Å². The molecule has 1 fully saturated rings. The van der Waals surface area contributed by atoms with Gasteiger partial charge in [0.25, 0.3) is 0 Å². The third-order valence-corrected chi connectivity index (χ3v) is 11.9. The van der Waals surface area contributed by atoms with Gasteiger partial charge in [0.15, 0.2) is 11.6 Å². The lowest BCUT2D eigenvalue weighted by atomic mass is 9.83. The second-order valence-corrected chi connectivity index (χ2v) is 15.6. The van der Waals surface area contributed by atoms with E-state index < -0.39 is 0 Å². The molecule has 0 radical (unpaired) electrons. The van der Waals surface area contributed by atoms with E-state index >= 15 is 0 Å². The molecule has 0 heterocycles. The molecule has 0 aromatic heterocycles. The summed E-state index contributed by atoms with van der Waals surface area (Å²) in [7, 11) is 0. The summed E-state index contributed by atoms with van der Waals surface area (Å²) in [5.41, 5.74) is 3.28. The van der Waals surface area contributed by atoms with Crippen LogP contribution >= 0.6 is 23.5 Å². The lowest BCUT2D eigenvalue weighted by molar-refractivity contribution is 0.0695. The Morgan fingerprint density at radius 1 is 0.612 bits per heavy atom. The molecule has 4 aromatic carbocycles. The zero-order chi connectivity index (χ0) is 34.0. The maximum atomic E-state index is 14.0. The average Bonchev–Trinajstić information content (AvgIpc) is 3.13. The van der Waals surface area contributed by atoms with E-state index in [-0.39, 0.29) is 11.6 Å². The first-order valence-corrected chi connectivity index (χ1v) is 19.8. The second kappa shape index (κ2) is 17.6. The van der Waals surface area contributed by atoms with Crippen LogP contribution in [0.25, 0.3) is 0 Å². The van der Waals surface area contributed by atoms with Crippen LogP contribution in [0.5, 0.6) is 5.75 Å². The Balaban J connectivity index is 1.06. The maximum Gasteiger partial charge on any atom is 0.195 e. The minimum Gasteiger partial charge on any atom is -0.493 e. The predicted molar refractivity (Wildman–Crippen MR) is 201 cm³/mol. The Morgan fingerprint density at radius 2 is 1.14 bits per heavy atom. The minimum absolute atomic E-state index is 0.0907. The van der Waals surface area contributed by atoms with Crippen molar-refractivity contribution in [3.05, 3.63) is 113 Å². The van der Waals surface area contributed by atoms with E-state index in [1.807, 2.05) is 48.5 Å². The Kier molecular flexibility index (Phi) is 12.7. The summed E-state index contributed by atoms with van der Waals surface area (Å²) in [6.45, 7) is 6.97. The maximum absolute atomic E-state index is 14.0. The van der Waals surface area contributed by atoms with Gasteiger partial charge < -0.3 is 9.47 Å². The largest absolute Gasteiger partial charge is 0.493 e. The minimum atomic E-state index is -0.0946. The number of carbonyl (C=O) groups excluding carboxylic acids is 2. The number of unbranched alkanes of at least 4 members (excludes halogenated alkanes) is 3. The van der Waals surface area contributed by atoms with Crippen molar-refractivity contribution in [3.63, 3.8) is 0 Å². The normalized spacial score (nSPS) is 17.1. The Labute approximate surface area is 300 Å². The number of carbonyl (C=O) groups is 2. The molecule has 0 amide bonds. The number of aryl methyl sites for hydroxylation is 1. The molecule has 6 rings (SSSR count).